The molecule has 6 aliphatic rings. The van der Waals surface area contributed by atoms with E-state index in [0.29, 0.717) is 18.0 Å². The van der Waals surface area contributed by atoms with Gasteiger partial charge in [0.25, 0.3) is 0 Å². The van der Waals surface area contributed by atoms with E-state index in [0.717, 1.165) is 38.5 Å². The Kier molecular flexibility index (Phi) is 6.75. The first kappa shape index (κ1) is 30.2. The Morgan fingerprint density at radius 1 is 0.911 bits per heavy atom. The van der Waals surface area contributed by atoms with Gasteiger partial charge in [-0.1, -0.05) is 71.0 Å². The van der Waals surface area contributed by atoms with Crippen molar-refractivity contribution < 1.29 is 14.3 Å². The highest BCUT2D eigenvalue weighted by Crippen LogP contribution is 2.74. The molecule has 45 heavy (non-hydrogen) atoms. The zero-order valence-electron chi connectivity index (χ0n) is 27.5. The quantitative estimate of drug-likeness (QED) is 0.235. The SMILES string of the molecule is CC(=O)O[C@H]1CC[C@]2(C)C3CC[C@@]4(C)C(CC[C@@H]4[C@H](C)C=CC(=O)C(C)C)[C@]34C=CC2(C1)n1c(=O)n(-c2ccccc2)c(=O)n14. The van der Waals surface area contributed by atoms with E-state index in [1.54, 1.807) is 10.8 Å². The Hall–Kier alpha value is -3.42. The van der Waals surface area contributed by atoms with Gasteiger partial charge in [-0.15, -0.1) is 0 Å². The minimum atomic E-state index is -0.785. The van der Waals surface area contributed by atoms with Gasteiger partial charge in [0, 0.05) is 24.7 Å². The highest BCUT2D eigenvalue weighted by Gasteiger charge is 2.75. The fourth-order valence-electron chi connectivity index (χ4n) is 11.2. The monoisotopic (exact) mass is 613 g/mol. The summed E-state index contributed by atoms with van der Waals surface area (Å²) in [5.41, 5.74) is -1.87. The van der Waals surface area contributed by atoms with Gasteiger partial charge in [-0.05, 0) is 85.8 Å². The van der Waals surface area contributed by atoms with E-state index in [1.165, 1.54) is 11.5 Å². The van der Waals surface area contributed by atoms with Crippen molar-refractivity contribution in [2.75, 3.05) is 0 Å². The minimum absolute atomic E-state index is 0.0292. The maximum absolute atomic E-state index is 14.8. The molecule has 2 bridgehead atoms. The second-order valence-corrected chi connectivity index (χ2v) is 15.5. The molecule has 3 unspecified atom stereocenters. The van der Waals surface area contributed by atoms with E-state index in [1.807, 2.05) is 48.9 Å². The van der Waals surface area contributed by atoms with Crippen LogP contribution in [-0.2, 0) is 25.4 Å². The Balaban J connectivity index is 1.43. The highest BCUT2D eigenvalue weighted by molar-refractivity contribution is 5.91. The van der Waals surface area contributed by atoms with Crippen LogP contribution in [0.15, 0.2) is 64.2 Å². The number of rotatable bonds is 6. The second kappa shape index (κ2) is 10.0. The lowest BCUT2D eigenvalue weighted by molar-refractivity contribution is -0.204. The first-order valence-corrected chi connectivity index (χ1v) is 16.9. The van der Waals surface area contributed by atoms with Gasteiger partial charge >= 0.3 is 17.3 Å². The number of carbonyl (C=O) groups excluding carboxylic acids is 2. The fourth-order valence-corrected chi connectivity index (χ4v) is 11.2. The molecular weight excluding hydrogens is 566 g/mol. The number of allylic oxidation sites excluding steroid dienone is 4. The summed E-state index contributed by atoms with van der Waals surface area (Å²) in [7, 11) is 0. The Bertz CT molecular complexity index is 1730. The molecule has 2 aromatic rings. The van der Waals surface area contributed by atoms with Crippen molar-refractivity contribution in [3.8, 4) is 5.69 Å². The maximum Gasteiger partial charge on any atom is 0.352 e. The van der Waals surface area contributed by atoms with Gasteiger partial charge in [0.05, 0.1) is 16.8 Å². The number of ether oxygens (including phenoxy) is 1. The van der Waals surface area contributed by atoms with Gasteiger partial charge in [-0.3, -0.25) is 9.59 Å². The van der Waals surface area contributed by atoms with Crippen molar-refractivity contribution in [2.24, 2.45) is 40.4 Å². The largest absolute Gasteiger partial charge is 0.462 e. The molecule has 0 saturated heterocycles. The van der Waals surface area contributed by atoms with Crippen LogP contribution in [0.4, 0.5) is 0 Å². The predicted octanol–water partition coefficient (Wildman–Crippen LogP) is 5.76. The third kappa shape index (κ3) is 3.83. The topological polar surface area (TPSA) is 92.3 Å². The predicted molar refractivity (Wildman–Crippen MR) is 172 cm³/mol. The number of carbonyl (C=O) groups is 2. The van der Waals surface area contributed by atoms with Crippen LogP contribution in [0.5, 0.6) is 0 Å². The lowest BCUT2D eigenvalue weighted by Crippen LogP contribution is -2.76. The number of hydrogen-bond donors (Lipinski definition) is 0. The molecule has 0 amide bonds. The Labute approximate surface area is 265 Å². The van der Waals surface area contributed by atoms with Crippen LogP contribution in [-0.4, -0.2) is 31.8 Å². The molecule has 2 aliphatic heterocycles. The Morgan fingerprint density at radius 3 is 2.31 bits per heavy atom. The average molecular weight is 614 g/mol. The summed E-state index contributed by atoms with van der Waals surface area (Å²) >= 11 is 0. The molecule has 1 aromatic carbocycles. The molecule has 8 nitrogen and oxygen atoms in total. The first-order valence-electron chi connectivity index (χ1n) is 16.9. The number of fused-ring (bicyclic) bond motifs is 1. The minimum Gasteiger partial charge on any atom is -0.462 e. The summed E-state index contributed by atoms with van der Waals surface area (Å²) in [6.45, 7) is 12.3. The first-order chi connectivity index (χ1) is 21.3. The summed E-state index contributed by atoms with van der Waals surface area (Å²) in [5.74, 6) is 0.681. The normalized spacial score (nSPS) is 38.5. The van der Waals surface area contributed by atoms with Crippen LogP contribution in [0.3, 0.4) is 0 Å². The smallest absolute Gasteiger partial charge is 0.352 e. The van der Waals surface area contributed by atoms with Crippen LogP contribution < -0.4 is 11.4 Å². The van der Waals surface area contributed by atoms with E-state index in [-0.39, 0.29) is 63.7 Å². The number of benzene rings is 1. The van der Waals surface area contributed by atoms with Crippen LogP contribution >= 0.6 is 0 Å². The van der Waals surface area contributed by atoms with Crippen molar-refractivity contribution in [1.82, 2.24) is 13.9 Å². The van der Waals surface area contributed by atoms with Gasteiger partial charge in [-0.2, -0.15) is 0 Å². The number of para-hydroxylation sites is 1. The van der Waals surface area contributed by atoms with E-state index < -0.39 is 11.1 Å². The zero-order valence-corrected chi connectivity index (χ0v) is 27.5. The third-order valence-electron chi connectivity index (χ3n) is 13.2. The van der Waals surface area contributed by atoms with Gasteiger partial charge in [-0.25, -0.2) is 23.5 Å². The van der Waals surface area contributed by atoms with E-state index in [9.17, 15) is 19.2 Å². The summed E-state index contributed by atoms with van der Waals surface area (Å²) in [6.07, 6.45) is 14.1. The summed E-state index contributed by atoms with van der Waals surface area (Å²) in [5, 5.41) is 0. The number of hydrogen-bond acceptors (Lipinski definition) is 5. The van der Waals surface area contributed by atoms with Gasteiger partial charge in [0.15, 0.2) is 5.78 Å². The maximum atomic E-state index is 14.8. The molecule has 3 heterocycles. The number of aromatic nitrogens is 3. The van der Waals surface area contributed by atoms with E-state index in [4.69, 9.17) is 4.74 Å². The highest BCUT2D eigenvalue weighted by atomic mass is 16.5. The van der Waals surface area contributed by atoms with Gasteiger partial charge in [0.1, 0.15) is 6.10 Å². The molecule has 3 fully saturated rings. The lowest BCUT2D eigenvalue weighted by Gasteiger charge is -2.71. The van der Waals surface area contributed by atoms with Crippen LogP contribution in [0, 0.1) is 40.4 Å². The van der Waals surface area contributed by atoms with Gasteiger partial charge < -0.3 is 4.74 Å². The van der Waals surface area contributed by atoms with Crippen molar-refractivity contribution in [3.05, 3.63) is 75.6 Å². The molecule has 0 N–H and O–H groups in total. The summed E-state index contributed by atoms with van der Waals surface area (Å²) in [6, 6.07) is 9.24. The average Bonchev–Trinajstić information content (AvgIpc) is 3.50. The summed E-state index contributed by atoms with van der Waals surface area (Å²) in [4.78, 5) is 54.1. The Morgan fingerprint density at radius 2 is 1.62 bits per heavy atom. The molecule has 1 aromatic heterocycles. The molecular formula is C37H47N3O5. The molecule has 9 atom stereocenters. The fraction of sp³-hybridized carbons (Fsp3) is 0.622. The van der Waals surface area contributed by atoms with Crippen molar-refractivity contribution >= 4 is 11.8 Å². The molecule has 4 aliphatic carbocycles. The number of esters is 1. The third-order valence-corrected chi connectivity index (χ3v) is 13.2. The molecule has 3 saturated carbocycles. The van der Waals surface area contributed by atoms with Crippen molar-refractivity contribution in [1.29, 1.82) is 0 Å². The second-order valence-electron chi connectivity index (χ2n) is 15.5. The van der Waals surface area contributed by atoms with Crippen molar-refractivity contribution in [3.63, 3.8) is 0 Å². The van der Waals surface area contributed by atoms with Gasteiger partial charge in [0.2, 0.25) is 0 Å². The number of nitrogens with zero attached hydrogens (tertiary/aromatic N) is 3. The molecule has 240 valence electrons. The standard InChI is InChI=1S/C37H47N3O5/c1-23(2)29(42)14-12-24(3)28-13-15-30-34(28,5)18-17-31-35(6)19-16-27(45-25(4)41)22-36(35)20-21-37(30,31)40-33(44)38(32(43)39(36)40)26-10-8-7-9-11-26/h7-12,14,20-21,23-24,27-28,30-31H,13,15-19,22H2,1-6H3/t24-,27+,28-,30?,31?,34-,35-,36?,37-/m1/s1. The number of ketones is 1. The van der Waals surface area contributed by atoms with Crippen LogP contribution in [0.25, 0.3) is 5.69 Å². The zero-order chi connectivity index (χ0) is 32.1. The molecule has 8 rings (SSSR count). The van der Waals surface area contributed by atoms with E-state index >= 15 is 0 Å². The lowest BCUT2D eigenvalue weighted by atomic mass is 9.40. The van der Waals surface area contributed by atoms with Crippen LogP contribution in [0.2, 0.25) is 0 Å². The van der Waals surface area contributed by atoms with Crippen molar-refractivity contribution in [2.45, 2.75) is 104 Å². The van der Waals surface area contributed by atoms with Crippen LogP contribution in [0.1, 0.15) is 86.5 Å². The summed E-state index contributed by atoms with van der Waals surface area (Å²) < 4.78 is 10.8. The van der Waals surface area contributed by atoms with E-state index in [2.05, 4.69) is 39.0 Å². The molecule has 8 heteroatoms. The molecule has 0 radical (unpaired) electrons. The molecule has 2 spiro atoms.